The fraction of sp³-hybridized carbons (Fsp3) is 0.231. The van der Waals surface area contributed by atoms with E-state index in [0.29, 0.717) is 28.4 Å². The summed E-state index contributed by atoms with van der Waals surface area (Å²) in [5.41, 5.74) is 8.63. The highest BCUT2D eigenvalue weighted by molar-refractivity contribution is 6.12. The minimum atomic E-state index is -0.688. The number of esters is 2. The van der Waals surface area contributed by atoms with E-state index < -0.39 is 11.9 Å². The largest absolute Gasteiger partial charge is 0.512 e. The number of aliphatic hydroxyl groups is 1. The average Bonchev–Trinajstić information content (AvgIpc) is 2.82. The Morgan fingerprint density at radius 2 is 1.37 bits per heavy atom. The Balaban J connectivity index is 2.42. The fourth-order valence-electron chi connectivity index (χ4n) is 2.85. The van der Waals surface area contributed by atoms with Crippen LogP contribution in [-0.4, -0.2) is 42.7 Å². The molecule has 2 aromatic rings. The van der Waals surface area contributed by atoms with E-state index >= 15 is 0 Å². The first-order valence-electron chi connectivity index (χ1n) is 11.0. The van der Waals surface area contributed by atoms with Crippen LogP contribution >= 0.6 is 0 Å². The molecule has 0 heterocycles. The predicted octanol–water partition coefficient (Wildman–Crippen LogP) is 5.02. The summed E-state index contributed by atoms with van der Waals surface area (Å²) in [5, 5.41) is 13.0. The number of carbonyl (C=O) groups is 2. The summed E-state index contributed by atoms with van der Waals surface area (Å²) in [7, 11) is 0. The van der Waals surface area contributed by atoms with E-state index in [0.717, 1.165) is 0 Å². The Hall–Kier alpha value is -4.40. The third kappa shape index (κ3) is 7.85. The Morgan fingerprint density at radius 1 is 0.886 bits per heavy atom. The third-order valence-corrected chi connectivity index (χ3v) is 4.61. The fourth-order valence-corrected chi connectivity index (χ4v) is 2.85. The molecule has 2 aromatic carbocycles. The van der Waals surface area contributed by atoms with Crippen molar-refractivity contribution in [2.24, 2.45) is 9.98 Å². The monoisotopic (exact) mass is 478 g/mol. The van der Waals surface area contributed by atoms with Crippen molar-refractivity contribution < 1.29 is 24.2 Å². The number of benzene rings is 2. The zero-order valence-corrected chi connectivity index (χ0v) is 20.2. The number of ether oxygens (including phenoxy) is 2. The first-order valence-corrected chi connectivity index (χ1v) is 11.0. The normalized spacial score (nSPS) is 12.8. The van der Waals surface area contributed by atoms with Gasteiger partial charge in [0.15, 0.2) is 0 Å². The molecule has 0 fully saturated rings. The predicted molar refractivity (Wildman–Crippen MR) is 139 cm³/mol. The number of anilines is 2. The zero-order valence-electron chi connectivity index (χ0n) is 20.2. The standard InChI is InChI=1S/C26H30N4O5/c1-5-34-25(32)19(17(3)30-22-12-8-7-11-21(22)27)15-28-23-13-9-10-14-24(23)29-16-20(18(4)31)26(33)35-6-2/h7-16,30-31H,5-6,27H2,1-4H3/b19-17+,20-18-,28-15?,29-16?. The van der Waals surface area contributed by atoms with Crippen molar-refractivity contribution in [3.63, 3.8) is 0 Å². The molecule has 0 atom stereocenters. The molecular formula is C26H30N4O5. The quantitative estimate of drug-likeness (QED) is 0.143. The van der Waals surface area contributed by atoms with Crippen LogP contribution in [-0.2, 0) is 19.1 Å². The van der Waals surface area contributed by atoms with Gasteiger partial charge < -0.3 is 25.6 Å². The zero-order chi connectivity index (χ0) is 25.8. The van der Waals surface area contributed by atoms with E-state index in [2.05, 4.69) is 15.3 Å². The molecule has 0 aliphatic heterocycles. The van der Waals surface area contributed by atoms with E-state index in [1.807, 2.05) is 12.1 Å². The van der Waals surface area contributed by atoms with Crippen molar-refractivity contribution in [2.45, 2.75) is 27.7 Å². The molecular weight excluding hydrogens is 448 g/mol. The molecule has 0 unspecified atom stereocenters. The maximum atomic E-state index is 12.6. The third-order valence-electron chi connectivity index (χ3n) is 4.61. The molecule has 0 aromatic heterocycles. The first-order chi connectivity index (χ1) is 16.8. The second-order valence-electron chi connectivity index (χ2n) is 7.20. The highest BCUT2D eigenvalue weighted by atomic mass is 16.5. The van der Waals surface area contributed by atoms with Gasteiger partial charge in [0.2, 0.25) is 0 Å². The number of hydrogen-bond donors (Lipinski definition) is 3. The summed E-state index contributed by atoms with van der Waals surface area (Å²) in [4.78, 5) is 33.4. The molecule has 0 saturated heterocycles. The molecule has 2 rings (SSSR count). The molecule has 0 amide bonds. The molecule has 4 N–H and O–H groups in total. The van der Waals surface area contributed by atoms with Gasteiger partial charge in [-0.15, -0.1) is 0 Å². The Morgan fingerprint density at radius 3 is 1.89 bits per heavy atom. The van der Waals surface area contributed by atoms with Crippen LogP contribution in [0.5, 0.6) is 0 Å². The van der Waals surface area contributed by atoms with Gasteiger partial charge in [-0.1, -0.05) is 24.3 Å². The summed E-state index contributed by atoms with van der Waals surface area (Å²) >= 11 is 0. The van der Waals surface area contributed by atoms with Gasteiger partial charge in [-0.3, -0.25) is 9.98 Å². The smallest absolute Gasteiger partial charge is 0.343 e. The van der Waals surface area contributed by atoms with Gasteiger partial charge in [-0.2, -0.15) is 0 Å². The number of carbonyl (C=O) groups excluding carboxylic acids is 2. The van der Waals surface area contributed by atoms with Crippen molar-refractivity contribution in [1.29, 1.82) is 0 Å². The summed E-state index contributed by atoms with van der Waals surface area (Å²) < 4.78 is 10.1. The summed E-state index contributed by atoms with van der Waals surface area (Å²) in [6, 6.07) is 14.1. The number of nitrogens with zero attached hydrogens (tertiary/aromatic N) is 2. The summed E-state index contributed by atoms with van der Waals surface area (Å²) in [6.45, 7) is 6.83. The number of allylic oxidation sites excluding steroid dienone is 2. The Bertz CT molecular complexity index is 1180. The minimum Gasteiger partial charge on any atom is -0.512 e. The van der Waals surface area contributed by atoms with Crippen LogP contribution in [0.4, 0.5) is 22.7 Å². The second-order valence-corrected chi connectivity index (χ2v) is 7.20. The number of rotatable bonds is 10. The molecule has 0 radical (unpaired) electrons. The molecule has 9 nitrogen and oxygen atoms in total. The average molecular weight is 479 g/mol. The second kappa shape index (κ2) is 13.3. The topological polar surface area (TPSA) is 136 Å². The van der Waals surface area contributed by atoms with Crippen LogP contribution < -0.4 is 11.1 Å². The molecule has 0 aliphatic rings. The van der Waals surface area contributed by atoms with E-state index in [1.165, 1.54) is 19.4 Å². The van der Waals surface area contributed by atoms with Gasteiger partial charge in [0.05, 0.1) is 41.5 Å². The Kier molecular flexibility index (Phi) is 10.2. The number of hydrogen-bond acceptors (Lipinski definition) is 9. The molecule has 0 spiro atoms. The van der Waals surface area contributed by atoms with Gasteiger partial charge in [0, 0.05) is 18.1 Å². The number of nitrogen functional groups attached to an aromatic ring is 1. The van der Waals surface area contributed by atoms with Crippen molar-refractivity contribution in [1.82, 2.24) is 0 Å². The molecule has 9 heteroatoms. The van der Waals surface area contributed by atoms with Gasteiger partial charge in [-0.25, -0.2) is 9.59 Å². The van der Waals surface area contributed by atoms with Crippen molar-refractivity contribution in [3.05, 3.63) is 71.1 Å². The lowest BCUT2D eigenvalue weighted by Gasteiger charge is -2.12. The van der Waals surface area contributed by atoms with Crippen molar-refractivity contribution in [3.8, 4) is 0 Å². The SMILES string of the molecule is CCOC(=O)/C(C=Nc1ccccc1N=C/C(C(=O)OCC)=C(/C)Nc1ccccc1N)=C(/C)O. The first kappa shape index (κ1) is 26.8. The van der Waals surface area contributed by atoms with Gasteiger partial charge >= 0.3 is 11.9 Å². The maximum Gasteiger partial charge on any atom is 0.343 e. The maximum absolute atomic E-state index is 12.6. The van der Waals surface area contributed by atoms with Crippen LogP contribution in [0.3, 0.4) is 0 Å². The molecule has 184 valence electrons. The van der Waals surface area contributed by atoms with Crippen LogP contribution in [0.25, 0.3) is 0 Å². The number of para-hydroxylation sites is 4. The highest BCUT2D eigenvalue weighted by Gasteiger charge is 2.15. The van der Waals surface area contributed by atoms with Crippen LogP contribution in [0, 0.1) is 0 Å². The van der Waals surface area contributed by atoms with E-state index in [1.54, 1.807) is 57.2 Å². The van der Waals surface area contributed by atoms with E-state index in [4.69, 9.17) is 15.2 Å². The molecule has 0 saturated carbocycles. The number of aliphatic imine (C=N–C) groups is 2. The molecule has 0 bridgehead atoms. The lowest BCUT2D eigenvalue weighted by atomic mass is 10.2. The highest BCUT2D eigenvalue weighted by Crippen LogP contribution is 2.28. The number of nitrogens with one attached hydrogen (secondary N) is 1. The van der Waals surface area contributed by atoms with E-state index in [9.17, 15) is 14.7 Å². The molecule has 0 aliphatic carbocycles. The lowest BCUT2D eigenvalue weighted by Crippen LogP contribution is -2.14. The number of nitrogens with two attached hydrogens (primary N) is 1. The van der Waals surface area contributed by atoms with Crippen molar-refractivity contribution in [2.75, 3.05) is 24.3 Å². The summed E-state index contributed by atoms with van der Waals surface area (Å²) in [6.07, 6.45) is 2.60. The number of aliphatic hydroxyl groups excluding tert-OH is 1. The molecule has 35 heavy (non-hydrogen) atoms. The van der Waals surface area contributed by atoms with Gasteiger partial charge in [0.1, 0.15) is 11.3 Å². The van der Waals surface area contributed by atoms with Crippen LogP contribution in [0.1, 0.15) is 27.7 Å². The van der Waals surface area contributed by atoms with Gasteiger partial charge in [-0.05, 0) is 52.0 Å². The minimum absolute atomic E-state index is 0.0711. The van der Waals surface area contributed by atoms with Crippen LogP contribution in [0.2, 0.25) is 0 Å². The Labute approximate surface area is 204 Å². The lowest BCUT2D eigenvalue weighted by molar-refractivity contribution is -0.138. The van der Waals surface area contributed by atoms with E-state index in [-0.39, 0.29) is 30.1 Å². The van der Waals surface area contributed by atoms with Crippen LogP contribution in [0.15, 0.2) is 81.1 Å². The van der Waals surface area contributed by atoms with Crippen molar-refractivity contribution >= 4 is 47.1 Å². The summed E-state index contributed by atoms with van der Waals surface area (Å²) in [5.74, 6) is -1.46. The van der Waals surface area contributed by atoms with Gasteiger partial charge in [0.25, 0.3) is 0 Å².